The van der Waals surface area contributed by atoms with Gasteiger partial charge < -0.3 is 10.1 Å². The van der Waals surface area contributed by atoms with Crippen LogP contribution in [0.1, 0.15) is 21.1 Å². The van der Waals surface area contributed by atoms with Crippen molar-refractivity contribution < 1.29 is 22.7 Å². The number of amides is 1. The lowest BCUT2D eigenvalue weighted by Crippen LogP contribution is -2.17. The van der Waals surface area contributed by atoms with Crippen molar-refractivity contribution in [3.05, 3.63) is 70.2 Å². The first-order valence-electron chi connectivity index (χ1n) is 8.10. The number of alkyl halides is 3. The van der Waals surface area contributed by atoms with E-state index < -0.39 is 6.36 Å². The summed E-state index contributed by atoms with van der Waals surface area (Å²) in [5, 5.41) is 5.66. The van der Waals surface area contributed by atoms with Crippen molar-refractivity contribution in [1.29, 1.82) is 0 Å². The number of rotatable bonds is 6. The second-order valence-electron chi connectivity index (χ2n) is 5.67. The summed E-state index contributed by atoms with van der Waals surface area (Å²) >= 11 is 3.07. The standard InChI is InChI=1S/C19H15F3N2O2S2/c1-12-23-14(10-27-12)11-28-17-5-3-2-4-16(17)18(25)24-13-6-8-15(9-7-13)26-19(20,21)22/h2-10H,11H2,1H3,(H,24,25). The van der Waals surface area contributed by atoms with Gasteiger partial charge in [-0.3, -0.25) is 4.79 Å². The molecule has 0 saturated carbocycles. The molecule has 28 heavy (non-hydrogen) atoms. The van der Waals surface area contributed by atoms with Crippen LogP contribution in [0.5, 0.6) is 5.75 Å². The third-order valence-corrected chi connectivity index (χ3v) is 5.45. The van der Waals surface area contributed by atoms with Gasteiger partial charge >= 0.3 is 6.36 Å². The van der Waals surface area contributed by atoms with Crippen LogP contribution in [0.2, 0.25) is 0 Å². The topological polar surface area (TPSA) is 51.2 Å². The van der Waals surface area contributed by atoms with Crippen LogP contribution in [0.4, 0.5) is 18.9 Å². The Morgan fingerprint density at radius 2 is 1.89 bits per heavy atom. The second-order valence-corrected chi connectivity index (χ2v) is 7.75. The molecule has 0 saturated heterocycles. The van der Waals surface area contributed by atoms with Crippen molar-refractivity contribution in [1.82, 2.24) is 4.98 Å². The van der Waals surface area contributed by atoms with E-state index in [1.165, 1.54) is 23.9 Å². The highest BCUT2D eigenvalue weighted by Gasteiger charge is 2.31. The van der Waals surface area contributed by atoms with Crippen LogP contribution in [-0.2, 0) is 5.75 Å². The predicted molar refractivity (Wildman–Crippen MR) is 104 cm³/mol. The summed E-state index contributed by atoms with van der Waals surface area (Å²) in [6, 6.07) is 12.1. The van der Waals surface area contributed by atoms with Crippen LogP contribution in [0.25, 0.3) is 0 Å². The van der Waals surface area contributed by atoms with Crippen molar-refractivity contribution >= 4 is 34.7 Å². The molecule has 0 spiro atoms. The monoisotopic (exact) mass is 424 g/mol. The molecule has 0 unspecified atom stereocenters. The number of carbonyl (C=O) groups is 1. The summed E-state index contributed by atoms with van der Waals surface area (Å²) in [5.74, 6) is -0.0555. The van der Waals surface area contributed by atoms with Crippen molar-refractivity contribution in [2.75, 3.05) is 5.32 Å². The van der Waals surface area contributed by atoms with Gasteiger partial charge in [0.2, 0.25) is 0 Å². The first-order chi connectivity index (χ1) is 13.3. The minimum Gasteiger partial charge on any atom is -0.406 e. The molecule has 0 radical (unpaired) electrons. The molecule has 1 N–H and O–H groups in total. The van der Waals surface area contributed by atoms with E-state index in [-0.39, 0.29) is 11.7 Å². The maximum absolute atomic E-state index is 12.6. The molecular formula is C19H15F3N2O2S2. The van der Waals surface area contributed by atoms with E-state index in [0.29, 0.717) is 17.0 Å². The fourth-order valence-corrected chi connectivity index (χ4v) is 4.01. The molecule has 3 rings (SSSR count). The van der Waals surface area contributed by atoms with Crippen LogP contribution in [0.15, 0.2) is 58.8 Å². The lowest BCUT2D eigenvalue weighted by molar-refractivity contribution is -0.274. The molecule has 1 heterocycles. The van der Waals surface area contributed by atoms with Crippen molar-refractivity contribution in [3.8, 4) is 5.75 Å². The van der Waals surface area contributed by atoms with E-state index in [2.05, 4.69) is 15.0 Å². The summed E-state index contributed by atoms with van der Waals surface area (Å²) < 4.78 is 40.5. The molecule has 3 aromatic rings. The van der Waals surface area contributed by atoms with Gasteiger partial charge in [-0.1, -0.05) is 12.1 Å². The number of hydrogen-bond donors (Lipinski definition) is 1. The van der Waals surface area contributed by atoms with Crippen molar-refractivity contribution in [2.24, 2.45) is 0 Å². The molecule has 0 aliphatic heterocycles. The fourth-order valence-electron chi connectivity index (χ4n) is 2.34. The highest BCUT2D eigenvalue weighted by Crippen LogP contribution is 2.28. The highest BCUT2D eigenvalue weighted by molar-refractivity contribution is 7.98. The number of aromatic nitrogens is 1. The van der Waals surface area contributed by atoms with Crippen LogP contribution >= 0.6 is 23.1 Å². The molecule has 0 bridgehead atoms. The van der Waals surface area contributed by atoms with E-state index in [1.54, 1.807) is 23.5 Å². The fraction of sp³-hybridized carbons (Fsp3) is 0.158. The van der Waals surface area contributed by atoms with E-state index in [1.807, 2.05) is 24.4 Å². The number of thioether (sulfide) groups is 1. The number of ether oxygens (including phenoxy) is 1. The minimum atomic E-state index is -4.75. The predicted octanol–water partition coefficient (Wildman–Crippen LogP) is 5.89. The SMILES string of the molecule is Cc1nc(CSc2ccccc2C(=O)Nc2ccc(OC(F)(F)F)cc2)cs1. The number of anilines is 1. The molecule has 4 nitrogen and oxygen atoms in total. The third-order valence-electron chi connectivity index (χ3n) is 3.52. The normalized spacial score (nSPS) is 11.3. The van der Waals surface area contributed by atoms with Crippen LogP contribution in [-0.4, -0.2) is 17.3 Å². The Balaban J connectivity index is 1.67. The van der Waals surface area contributed by atoms with Gasteiger partial charge in [-0.2, -0.15) is 0 Å². The van der Waals surface area contributed by atoms with E-state index in [9.17, 15) is 18.0 Å². The zero-order chi connectivity index (χ0) is 20.1. The summed E-state index contributed by atoms with van der Waals surface area (Å²) in [7, 11) is 0. The summed E-state index contributed by atoms with van der Waals surface area (Å²) in [6.45, 7) is 1.94. The quantitative estimate of drug-likeness (QED) is 0.501. The molecular weight excluding hydrogens is 409 g/mol. The Labute approximate surface area is 167 Å². The van der Waals surface area contributed by atoms with Gasteiger partial charge in [-0.05, 0) is 43.3 Å². The Morgan fingerprint density at radius 3 is 2.54 bits per heavy atom. The first kappa shape index (κ1) is 20.2. The maximum Gasteiger partial charge on any atom is 0.573 e. The third kappa shape index (κ3) is 5.74. The number of nitrogens with one attached hydrogen (secondary N) is 1. The molecule has 9 heteroatoms. The van der Waals surface area contributed by atoms with Gasteiger partial charge in [-0.25, -0.2) is 4.98 Å². The molecule has 146 valence electrons. The van der Waals surface area contributed by atoms with E-state index in [0.717, 1.165) is 27.7 Å². The summed E-state index contributed by atoms with van der Waals surface area (Å²) in [5.41, 5.74) is 1.80. The number of carbonyl (C=O) groups excluding carboxylic acids is 1. The zero-order valence-electron chi connectivity index (χ0n) is 14.6. The summed E-state index contributed by atoms with van der Waals surface area (Å²) in [6.07, 6.45) is -4.75. The van der Waals surface area contributed by atoms with Crippen LogP contribution in [0, 0.1) is 6.92 Å². The second kappa shape index (κ2) is 8.66. The van der Waals surface area contributed by atoms with Crippen molar-refractivity contribution in [3.63, 3.8) is 0 Å². The van der Waals surface area contributed by atoms with E-state index >= 15 is 0 Å². The lowest BCUT2D eigenvalue weighted by atomic mass is 10.2. The Bertz CT molecular complexity index is 956. The number of thiazole rings is 1. The zero-order valence-corrected chi connectivity index (χ0v) is 16.3. The first-order valence-corrected chi connectivity index (χ1v) is 9.97. The molecule has 0 atom stereocenters. The smallest absolute Gasteiger partial charge is 0.406 e. The Kier molecular flexibility index (Phi) is 6.25. The maximum atomic E-state index is 12.6. The highest BCUT2D eigenvalue weighted by atomic mass is 32.2. The molecule has 0 aliphatic carbocycles. The Hall–Kier alpha value is -2.52. The van der Waals surface area contributed by atoms with Gasteiger partial charge in [0.1, 0.15) is 5.75 Å². The van der Waals surface area contributed by atoms with Gasteiger partial charge in [0, 0.05) is 21.7 Å². The number of nitrogens with zero attached hydrogens (tertiary/aromatic N) is 1. The van der Waals surface area contributed by atoms with Gasteiger partial charge in [0.15, 0.2) is 0 Å². The van der Waals surface area contributed by atoms with Gasteiger partial charge in [0.05, 0.1) is 16.3 Å². The molecule has 2 aromatic carbocycles. The van der Waals surface area contributed by atoms with E-state index in [4.69, 9.17) is 0 Å². The molecule has 0 aliphatic rings. The van der Waals surface area contributed by atoms with Gasteiger partial charge in [0.25, 0.3) is 5.91 Å². The average Bonchev–Trinajstić information content (AvgIpc) is 3.06. The largest absolute Gasteiger partial charge is 0.573 e. The number of halogens is 3. The number of aryl methyl sites for hydroxylation is 1. The molecule has 1 aromatic heterocycles. The number of benzene rings is 2. The summed E-state index contributed by atoms with van der Waals surface area (Å²) in [4.78, 5) is 17.8. The van der Waals surface area contributed by atoms with Crippen molar-refractivity contribution in [2.45, 2.75) is 23.9 Å². The average molecular weight is 424 g/mol. The minimum absolute atomic E-state index is 0.345. The lowest BCUT2D eigenvalue weighted by Gasteiger charge is -2.11. The Morgan fingerprint density at radius 1 is 1.18 bits per heavy atom. The van der Waals surface area contributed by atoms with Gasteiger partial charge in [-0.15, -0.1) is 36.3 Å². The van der Waals surface area contributed by atoms with Crippen LogP contribution in [0.3, 0.4) is 0 Å². The molecule has 0 fully saturated rings. The van der Waals surface area contributed by atoms with Crippen LogP contribution < -0.4 is 10.1 Å². The molecule has 1 amide bonds. The number of hydrogen-bond acceptors (Lipinski definition) is 5.